The second-order valence-electron chi connectivity index (χ2n) is 12.2. The molecule has 0 aliphatic heterocycles. The summed E-state index contributed by atoms with van der Waals surface area (Å²) in [5, 5.41) is 7.85. The first-order chi connectivity index (χ1) is 18.6. The van der Waals surface area contributed by atoms with Crippen LogP contribution >= 0.6 is 0 Å². The Kier molecular flexibility index (Phi) is 11.2. The average molecular weight is 559 g/mol. The van der Waals surface area contributed by atoms with Gasteiger partial charge in [-0.1, -0.05) is 45.0 Å². The Morgan fingerprint density at radius 2 is 1.77 bits per heavy atom. The number of ether oxygens (including phenoxy) is 3. The summed E-state index contributed by atoms with van der Waals surface area (Å²) in [5.41, 5.74) is 2.42. The zero-order valence-corrected chi connectivity index (χ0v) is 25.4. The number of hydrazine groups is 1. The fourth-order valence-corrected chi connectivity index (χ4v) is 4.06. The largest absolute Gasteiger partial charge is 0.476 e. The quantitative estimate of drug-likeness (QED) is 0.271. The molecule has 0 fully saturated rings. The molecule has 0 spiro atoms. The number of carbonyl (C=O) groups excluding carboxylic acids is 3. The van der Waals surface area contributed by atoms with Gasteiger partial charge in [-0.25, -0.2) is 9.80 Å². The highest BCUT2D eigenvalue weighted by molar-refractivity contribution is 5.89. The highest BCUT2D eigenvalue weighted by Gasteiger charge is 2.39. The summed E-state index contributed by atoms with van der Waals surface area (Å²) < 4.78 is 16.4. The maximum atomic E-state index is 13.9. The third-order valence-electron chi connectivity index (χ3n) is 6.62. The molecule has 40 heavy (non-hydrogen) atoms. The SMILES string of the molecule is CCOC(=O)C(C)Cc1cccc(C(C)(CCC(C)(C)COc2cc[nH]n2)C(=O)NN(C)C(=O)OC(C)(C)C)c1. The first-order valence-electron chi connectivity index (χ1n) is 13.7. The summed E-state index contributed by atoms with van der Waals surface area (Å²) in [6.07, 6.45) is 2.62. The molecule has 0 radical (unpaired) electrons. The zero-order valence-electron chi connectivity index (χ0n) is 25.4. The van der Waals surface area contributed by atoms with Crippen molar-refractivity contribution in [1.29, 1.82) is 0 Å². The van der Waals surface area contributed by atoms with Gasteiger partial charge in [0, 0.05) is 19.3 Å². The molecule has 1 heterocycles. The van der Waals surface area contributed by atoms with Crippen LogP contribution in [0, 0.1) is 11.3 Å². The summed E-state index contributed by atoms with van der Waals surface area (Å²) in [7, 11) is 1.46. The minimum atomic E-state index is -1.01. The standard InChI is InChI=1S/C30H46N4O6/c1-10-38-25(35)21(2)18-22-12-11-13-23(19-22)30(8,26(36)33-34(9)27(37)40-28(3,4)5)16-15-29(6,7)20-39-24-14-17-31-32-24/h11-14,17,19,21H,10,15-16,18,20H2,1-9H3,(H,31,32)(H,33,36). The monoisotopic (exact) mass is 558 g/mol. The van der Waals surface area contributed by atoms with Gasteiger partial charge in [0.05, 0.1) is 24.5 Å². The number of hydrogen-bond acceptors (Lipinski definition) is 7. The summed E-state index contributed by atoms with van der Waals surface area (Å²) >= 11 is 0. The molecule has 1 aromatic carbocycles. The lowest BCUT2D eigenvalue weighted by Gasteiger charge is -2.35. The summed E-state index contributed by atoms with van der Waals surface area (Å²) in [4.78, 5) is 38.7. The van der Waals surface area contributed by atoms with Crippen molar-refractivity contribution >= 4 is 18.0 Å². The molecule has 1 aromatic heterocycles. The Balaban J connectivity index is 2.30. The van der Waals surface area contributed by atoms with E-state index in [1.165, 1.54) is 7.05 Å². The van der Waals surface area contributed by atoms with E-state index in [0.717, 1.165) is 16.1 Å². The van der Waals surface area contributed by atoms with Crippen LogP contribution in [0.4, 0.5) is 4.79 Å². The lowest BCUT2D eigenvalue weighted by molar-refractivity contribution is -0.147. The predicted octanol–water partition coefficient (Wildman–Crippen LogP) is 5.19. The molecular weight excluding hydrogens is 512 g/mol. The number of nitrogens with one attached hydrogen (secondary N) is 2. The molecule has 2 amide bonds. The van der Waals surface area contributed by atoms with Crippen LogP contribution < -0.4 is 10.2 Å². The lowest BCUT2D eigenvalue weighted by atomic mass is 9.73. The van der Waals surface area contributed by atoms with Gasteiger partial charge in [0.1, 0.15) is 5.60 Å². The third kappa shape index (κ3) is 9.88. The van der Waals surface area contributed by atoms with Crippen LogP contribution in [0.5, 0.6) is 5.88 Å². The highest BCUT2D eigenvalue weighted by atomic mass is 16.6. The Hall–Kier alpha value is -3.56. The van der Waals surface area contributed by atoms with Crippen molar-refractivity contribution in [2.24, 2.45) is 11.3 Å². The molecule has 222 valence electrons. The fourth-order valence-electron chi connectivity index (χ4n) is 4.06. The number of aromatic nitrogens is 2. The predicted molar refractivity (Wildman–Crippen MR) is 153 cm³/mol. The number of nitrogens with zero attached hydrogens (tertiary/aromatic N) is 2. The molecule has 2 rings (SSSR count). The fraction of sp³-hybridized carbons (Fsp3) is 0.600. The van der Waals surface area contributed by atoms with Gasteiger partial charge in [-0.15, -0.1) is 5.10 Å². The second kappa shape index (κ2) is 13.7. The molecule has 0 saturated carbocycles. The number of hydrogen-bond donors (Lipinski definition) is 2. The van der Waals surface area contributed by atoms with E-state index in [2.05, 4.69) is 29.5 Å². The Bertz CT molecular complexity index is 1130. The maximum Gasteiger partial charge on any atom is 0.428 e. The number of H-pyrrole nitrogens is 1. The first kappa shape index (κ1) is 32.7. The summed E-state index contributed by atoms with van der Waals surface area (Å²) in [6.45, 7) is 15.6. The molecule has 10 heteroatoms. The number of rotatable bonds is 12. The van der Waals surface area contributed by atoms with Gasteiger partial charge in [0.2, 0.25) is 11.8 Å². The first-order valence-corrected chi connectivity index (χ1v) is 13.7. The van der Waals surface area contributed by atoms with Crippen LogP contribution in [-0.2, 0) is 30.9 Å². The summed E-state index contributed by atoms with van der Waals surface area (Å²) in [5.74, 6) is -0.422. The molecule has 0 aliphatic carbocycles. The van der Waals surface area contributed by atoms with Crippen molar-refractivity contribution in [3.63, 3.8) is 0 Å². The van der Waals surface area contributed by atoms with E-state index in [4.69, 9.17) is 14.2 Å². The van der Waals surface area contributed by atoms with E-state index in [-0.39, 0.29) is 23.2 Å². The van der Waals surface area contributed by atoms with Crippen molar-refractivity contribution in [1.82, 2.24) is 20.6 Å². The Labute approximate surface area is 238 Å². The van der Waals surface area contributed by atoms with Crippen LogP contribution in [-0.4, -0.2) is 59.0 Å². The molecule has 2 N–H and O–H groups in total. The molecular formula is C30H46N4O6. The number of aromatic amines is 1. The van der Waals surface area contributed by atoms with Crippen LogP contribution in [0.1, 0.15) is 79.4 Å². The normalized spacial score (nSPS) is 14.0. The molecule has 2 aromatic rings. The van der Waals surface area contributed by atoms with Crippen molar-refractivity contribution in [3.8, 4) is 5.88 Å². The molecule has 2 unspecified atom stereocenters. The van der Waals surface area contributed by atoms with Crippen LogP contribution in [0.15, 0.2) is 36.5 Å². The Morgan fingerprint density at radius 3 is 2.38 bits per heavy atom. The van der Waals surface area contributed by atoms with Crippen molar-refractivity contribution in [2.75, 3.05) is 20.3 Å². The van der Waals surface area contributed by atoms with Gasteiger partial charge in [-0.05, 0) is 70.4 Å². The van der Waals surface area contributed by atoms with Crippen LogP contribution in [0.2, 0.25) is 0 Å². The average Bonchev–Trinajstić information content (AvgIpc) is 3.39. The molecule has 0 aliphatic rings. The smallest absolute Gasteiger partial charge is 0.428 e. The van der Waals surface area contributed by atoms with Gasteiger partial charge in [0.15, 0.2) is 0 Å². The van der Waals surface area contributed by atoms with Gasteiger partial charge in [0.25, 0.3) is 0 Å². The van der Waals surface area contributed by atoms with E-state index in [1.807, 2.05) is 38.1 Å². The summed E-state index contributed by atoms with van der Waals surface area (Å²) in [6, 6.07) is 9.43. The maximum absolute atomic E-state index is 13.9. The van der Waals surface area contributed by atoms with E-state index >= 15 is 0 Å². The van der Waals surface area contributed by atoms with Gasteiger partial charge >= 0.3 is 12.1 Å². The lowest BCUT2D eigenvalue weighted by Crippen LogP contribution is -2.52. The topological polar surface area (TPSA) is 123 Å². The van der Waals surface area contributed by atoms with Crippen molar-refractivity contribution in [3.05, 3.63) is 47.7 Å². The number of esters is 1. The third-order valence-corrected chi connectivity index (χ3v) is 6.62. The van der Waals surface area contributed by atoms with E-state index in [0.29, 0.717) is 38.4 Å². The minimum Gasteiger partial charge on any atom is -0.476 e. The van der Waals surface area contributed by atoms with E-state index in [9.17, 15) is 14.4 Å². The van der Waals surface area contributed by atoms with Gasteiger partial charge in [-0.2, -0.15) is 0 Å². The van der Waals surface area contributed by atoms with E-state index < -0.39 is 17.1 Å². The molecule has 0 bridgehead atoms. The Morgan fingerprint density at radius 1 is 1.07 bits per heavy atom. The molecule has 2 atom stereocenters. The number of benzene rings is 1. The number of carbonyl (C=O) groups is 3. The second-order valence-corrected chi connectivity index (χ2v) is 12.2. The number of amides is 2. The van der Waals surface area contributed by atoms with Gasteiger partial charge in [-0.3, -0.25) is 20.1 Å². The zero-order chi connectivity index (χ0) is 30.1. The van der Waals surface area contributed by atoms with Crippen LogP contribution in [0.3, 0.4) is 0 Å². The van der Waals surface area contributed by atoms with Crippen molar-refractivity contribution < 1.29 is 28.6 Å². The van der Waals surface area contributed by atoms with E-state index in [1.54, 1.807) is 40.0 Å². The molecule has 10 nitrogen and oxygen atoms in total. The van der Waals surface area contributed by atoms with Crippen LogP contribution in [0.25, 0.3) is 0 Å². The molecule has 0 saturated heterocycles. The minimum absolute atomic E-state index is 0.258. The van der Waals surface area contributed by atoms with Gasteiger partial charge < -0.3 is 14.2 Å². The highest BCUT2D eigenvalue weighted by Crippen LogP contribution is 2.36. The van der Waals surface area contributed by atoms with Crippen molar-refractivity contribution in [2.45, 2.75) is 85.7 Å².